The van der Waals surface area contributed by atoms with Gasteiger partial charge in [-0.25, -0.2) is 0 Å². The Kier molecular flexibility index (Phi) is 5.36. The second kappa shape index (κ2) is 7.25. The molecule has 3 heteroatoms. The Labute approximate surface area is 122 Å². The van der Waals surface area contributed by atoms with E-state index in [0.717, 1.165) is 19.5 Å². The zero-order valence-corrected chi connectivity index (χ0v) is 12.8. The molecule has 0 radical (unpaired) electrons. The predicted molar refractivity (Wildman–Crippen MR) is 83.8 cm³/mol. The zero-order valence-electron chi connectivity index (χ0n) is 12.8. The number of hydrogen-bond acceptors (Lipinski definition) is 2. The molecule has 2 rings (SSSR count). The molecule has 0 saturated heterocycles. The molecule has 20 heavy (non-hydrogen) atoms. The van der Waals surface area contributed by atoms with Crippen molar-refractivity contribution >= 4 is 0 Å². The largest absolute Gasteiger partial charge is 0.309 e. The van der Waals surface area contributed by atoms with E-state index in [0.29, 0.717) is 6.04 Å². The standard InChI is InChI=1S/C17H25N3/c1-4-6-15-7-9-16(10-8-15)17(18-5-2)13-20-12-14(3)11-19-20/h7-12,17-18H,4-6,13H2,1-3H3. The fourth-order valence-electron chi connectivity index (χ4n) is 2.49. The fourth-order valence-corrected chi connectivity index (χ4v) is 2.49. The van der Waals surface area contributed by atoms with Crippen LogP contribution in [-0.2, 0) is 13.0 Å². The highest BCUT2D eigenvalue weighted by molar-refractivity contribution is 5.25. The summed E-state index contributed by atoms with van der Waals surface area (Å²) in [6.45, 7) is 8.27. The van der Waals surface area contributed by atoms with Crippen molar-refractivity contribution in [1.82, 2.24) is 15.1 Å². The first-order valence-electron chi connectivity index (χ1n) is 7.54. The quantitative estimate of drug-likeness (QED) is 0.835. The molecular weight excluding hydrogens is 246 g/mol. The third-order valence-corrected chi connectivity index (χ3v) is 3.50. The van der Waals surface area contributed by atoms with Gasteiger partial charge in [0.15, 0.2) is 0 Å². The normalized spacial score (nSPS) is 12.6. The second-order valence-corrected chi connectivity index (χ2v) is 5.34. The number of likely N-dealkylation sites (N-methyl/N-ethyl adjacent to an activating group) is 1. The van der Waals surface area contributed by atoms with Crippen LogP contribution in [0, 0.1) is 6.92 Å². The topological polar surface area (TPSA) is 29.9 Å². The SMILES string of the molecule is CCCc1ccc(C(Cn2cc(C)cn2)NCC)cc1. The second-order valence-electron chi connectivity index (χ2n) is 5.34. The van der Waals surface area contributed by atoms with E-state index in [-0.39, 0.29) is 0 Å². The minimum Gasteiger partial charge on any atom is -0.309 e. The average molecular weight is 271 g/mol. The molecule has 1 aromatic carbocycles. The Bertz CT molecular complexity index is 513. The molecule has 0 aliphatic heterocycles. The van der Waals surface area contributed by atoms with Crippen molar-refractivity contribution in [1.29, 1.82) is 0 Å². The Hall–Kier alpha value is -1.61. The molecule has 1 aromatic heterocycles. The number of hydrogen-bond donors (Lipinski definition) is 1. The molecule has 108 valence electrons. The van der Waals surface area contributed by atoms with Gasteiger partial charge in [-0.15, -0.1) is 0 Å². The summed E-state index contributed by atoms with van der Waals surface area (Å²) in [5.74, 6) is 0. The highest BCUT2D eigenvalue weighted by Gasteiger charge is 2.11. The Balaban J connectivity index is 2.10. The van der Waals surface area contributed by atoms with Crippen LogP contribution in [0.3, 0.4) is 0 Å². The number of aromatic nitrogens is 2. The van der Waals surface area contributed by atoms with Gasteiger partial charge in [-0.2, -0.15) is 5.10 Å². The van der Waals surface area contributed by atoms with Crippen molar-refractivity contribution < 1.29 is 0 Å². The van der Waals surface area contributed by atoms with Gasteiger partial charge in [0, 0.05) is 6.20 Å². The molecule has 0 saturated carbocycles. The van der Waals surface area contributed by atoms with Gasteiger partial charge in [-0.3, -0.25) is 4.68 Å². The van der Waals surface area contributed by atoms with Crippen molar-refractivity contribution in [3.63, 3.8) is 0 Å². The van der Waals surface area contributed by atoms with E-state index in [1.807, 2.05) is 10.9 Å². The van der Waals surface area contributed by atoms with E-state index in [1.54, 1.807) is 0 Å². The maximum absolute atomic E-state index is 4.39. The number of aryl methyl sites for hydroxylation is 2. The third kappa shape index (κ3) is 3.94. The molecular formula is C17H25N3. The van der Waals surface area contributed by atoms with Crippen LogP contribution in [0.4, 0.5) is 0 Å². The van der Waals surface area contributed by atoms with E-state index in [1.165, 1.54) is 23.1 Å². The van der Waals surface area contributed by atoms with Crippen molar-refractivity contribution in [2.24, 2.45) is 0 Å². The van der Waals surface area contributed by atoms with Gasteiger partial charge in [0.25, 0.3) is 0 Å². The van der Waals surface area contributed by atoms with Gasteiger partial charge >= 0.3 is 0 Å². The first-order chi connectivity index (χ1) is 9.72. The van der Waals surface area contributed by atoms with Gasteiger partial charge in [0.1, 0.15) is 0 Å². The van der Waals surface area contributed by atoms with Crippen LogP contribution in [-0.4, -0.2) is 16.3 Å². The van der Waals surface area contributed by atoms with Crippen LogP contribution >= 0.6 is 0 Å². The summed E-state index contributed by atoms with van der Waals surface area (Å²) in [7, 11) is 0. The smallest absolute Gasteiger partial charge is 0.0604 e. The third-order valence-electron chi connectivity index (χ3n) is 3.50. The molecule has 0 aliphatic rings. The first-order valence-corrected chi connectivity index (χ1v) is 7.54. The van der Waals surface area contributed by atoms with Crippen LogP contribution in [0.15, 0.2) is 36.7 Å². The van der Waals surface area contributed by atoms with E-state index in [2.05, 4.69) is 61.6 Å². The number of nitrogens with one attached hydrogen (secondary N) is 1. The summed E-state index contributed by atoms with van der Waals surface area (Å²) in [6.07, 6.45) is 6.36. The lowest BCUT2D eigenvalue weighted by molar-refractivity contribution is 0.448. The Morgan fingerprint density at radius 3 is 2.50 bits per heavy atom. The summed E-state index contributed by atoms with van der Waals surface area (Å²) in [5.41, 5.74) is 3.96. The molecule has 3 nitrogen and oxygen atoms in total. The van der Waals surface area contributed by atoms with Crippen molar-refractivity contribution in [2.45, 2.75) is 46.2 Å². The Morgan fingerprint density at radius 2 is 1.95 bits per heavy atom. The van der Waals surface area contributed by atoms with Crippen molar-refractivity contribution in [3.05, 3.63) is 53.3 Å². The molecule has 1 heterocycles. The van der Waals surface area contributed by atoms with E-state index in [4.69, 9.17) is 0 Å². The molecule has 0 amide bonds. The minimum absolute atomic E-state index is 0.315. The van der Waals surface area contributed by atoms with Gasteiger partial charge < -0.3 is 5.32 Å². The zero-order chi connectivity index (χ0) is 14.4. The highest BCUT2D eigenvalue weighted by atomic mass is 15.3. The minimum atomic E-state index is 0.315. The highest BCUT2D eigenvalue weighted by Crippen LogP contribution is 2.17. The maximum atomic E-state index is 4.39. The molecule has 0 spiro atoms. The molecule has 1 unspecified atom stereocenters. The van der Waals surface area contributed by atoms with Crippen LogP contribution in [0.5, 0.6) is 0 Å². The molecule has 0 fully saturated rings. The summed E-state index contributed by atoms with van der Waals surface area (Å²) in [4.78, 5) is 0. The lowest BCUT2D eigenvalue weighted by Gasteiger charge is -2.19. The predicted octanol–water partition coefficient (Wildman–Crippen LogP) is 3.49. The van der Waals surface area contributed by atoms with Gasteiger partial charge in [0.2, 0.25) is 0 Å². The van der Waals surface area contributed by atoms with Crippen LogP contribution in [0.1, 0.15) is 43.0 Å². The van der Waals surface area contributed by atoms with Gasteiger partial charge in [-0.1, -0.05) is 44.5 Å². The number of benzene rings is 1. The summed E-state index contributed by atoms with van der Waals surface area (Å²) < 4.78 is 2.02. The molecule has 1 atom stereocenters. The van der Waals surface area contributed by atoms with Crippen LogP contribution in [0.25, 0.3) is 0 Å². The fraction of sp³-hybridized carbons (Fsp3) is 0.471. The monoisotopic (exact) mass is 271 g/mol. The molecule has 1 N–H and O–H groups in total. The average Bonchev–Trinajstić information content (AvgIpc) is 2.85. The summed E-state index contributed by atoms with van der Waals surface area (Å²) in [5, 5.41) is 7.93. The lowest BCUT2D eigenvalue weighted by Crippen LogP contribution is -2.25. The van der Waals surface area contributed by atoms with Gasteiger partial charge in [0.05, 0.1) is 18.8 Å². The molecule has 0 aliphatic carbocycles. The Morgan fingerprint density at radius 1 is 1.20 bits per heavy atom. The van der Waals surface area contributed by atoms with Gasteiger partial charge in [-0.05, 0) is 36.6 Å². The molecule has 0 bridgehead atoms. The van der Waals surface area contributed by atoms with E-state index < -0.39 is 0 Å². The van der Waals surface area contributed by atoms with Crippen molar-refractivity contribution in [2.75, 3.05) is 6.54 Å². The summed E-state index contributed by atoms with van der Waals surface area (Å²) in [6, 6.07) is 9.30. The van der Waals surface area contributed by atoms with E-state index in [9.17, 15) is 0 Å². The lowest BCUT2D eigenvalue weighted by atomic mass is 10.0. The first kappa shape index (κ1) is 14.8. The van der Waals surface area contributed by atoms with E-state index >= 15 is 0 Å². The number of nitrogens with zero attached hydrogens (tertiary/aromatic N) is 2. The van der Waals surface area contributed by atoms with Crippen LogP contribution in [0.2, 0.25) is 0 Å². The molecule has 2 aromatic rings. The maximum Gasteiger partial charge on any atom is 0.0604 e. The summed E-state index contributed by atoms with van der Waals surface area (Å²) >= 11 is 0. The number of rotatable bonds is 7. The van der Waals surface area contributed by atoms with Crippen molar-refractivity contribution in [3.8, 4) is 0 Å². The van der Waals surface area contributed by atoms with Crippen LogP contribution < -0.4 is 5.32 Å².